The minimum Gasteiger partial charge on any atom is -0.378 e. The van der Waals surface area contributed by atoms with Gasteiger partial charge in [-0.3, -0.25) is 0 Å². The third-order valence-electron chi connectivity index (χ3n) is 5.82. The Hall–Kier alpha value is -0.980. The van der Waals surface area contributed by atoms with Crippen molar-refractivity contribution >= 4 is 5.69 Å². The first-order chi connectivity index (χ1) is 8.64. The lowest BCUT2D eigenvalue weighted by Crippen LogP contribution is -2.57. The molecule has 0 unspecified atom stereocenters. The molecule has 1 aromatic rings. The van der Waals surface area contributed by atoms with Gasteiger partial charge < -0.3 is 5.32 Å². The summed E-state index contributed by atoms with van der Waals surface area (Å²) in [6.45, 7) is 7.26. The fraction of sp³-hybridized carbons (Fsp3) is 0.647. The van der Waals surface area contributed by atoms with Crippen LogP contribution in [0.2, 0.25) is 0 Å². The number of hydrogen-bond acceptors (Lipinski definition) is 1. The third-order valence-corrected chi connectivity index (χ3v) is 5.82. The number of benzene rings is 1. The molecule has 0 aromatic heterocycles. The smallest absolute Gasteiger partial charge is 0.0493 e. The molecule has 1 aliphatic heterocycles. The number of nitrogens with one attached hydrogen (secondary N) is 1. The molecular weight excluding hydrogens is 218 g/mol. The summed E-state index contributed by atoms with van der Waals surface area (Å²) in [5.41, 5.74) is 3.58. The van der Waals surface area contributed by atoms with Crippen molar-refractivity contribution in [2.75, 3.05) is 5.32 Å². The van der Waals surface area contributed by atoms with Gasteiger partial charge in [-0.2, -0.15) is 0 Å². The number of fused-ring (bicyclic) bond motifs is 3. The normalized spacial score (nSPS) is 35.5. The van der Waals surface area contributed by atoms with Crippen LogP contribution in [0, 0.1) is 5.92 Å². The van der Waals surface area contributed by atoms with E-state index in [0.717, 1.165) is 5.92 Å². The van der Waals surface area contributed by atoms with Crippen molar-refractivity contribution in [3.63, 3.8) is 0 Å². The van der Waals surface area contributed by atoms with Crippen LogP contribution in [0.3, 0.4) is 0 Å². The van der Waals surface area contributed by atoms with Crippen molar-refractivity contribution in [1.29, 1.82) is 0 Å². The van der Waals surface area contributed by atoms with E-state index in [4.69, 9.17) is 0 Å². The van der Waals surface area contributed by atoms with Gasteiger partial charge in [0.1, 0.15) is 0 Å². The molecular formula is C17H25N. The Bertz CT molecular complexity index is 453. The third kappa shape index (κ3) is 1.34. The summed E-state index contributed by atoms with van der Waals surface area (Å²) < 4.78 is 0. The molecule has 1 nitrogen and oxygen atoms in total. The highest BCUT2D eigenvalue weighted by atomic mass is 15.1. The molecule has 18 heavy (non-hydrogen) atoms. The SMILES string of the molecule is CC[C@@H](C)[C@@]12CCCC[C@@]1(C)c1ccccc1N2. The summed E-state index contributed by atoms with van der Waals surface area (Å²) in [5.74, 6) is 0.732. The zero-order valence-electron chi connectivity index (χ0n) is 11.9. The number of anilines is 1. The highest BCUT2D eigenvalue weighted by molar-refractivity contribution is 5.65. The summed E-state index contributed by atoms with van der Waals surface area (Å²) in [6.07, 6.45) is 6.68. The zero-order valence-corrected chi connectivity index (χ0v) is 11.9. The summed E-state index contributed by atoms with van der Waals surface area (Å²) in [7, 11) is 0. The molecule has 1 N–H and O–H groups in total. The second-order valence-electron chi connectivity index (χ2n) is 6.49. The molecule has 0 spiro atoms. The van der Waals surface area contributed by atoms with E-state index in [1.165, 1.54) is 37.8 Å². The van der Waals surface area contributed by atoms with Crippen molar-refractivity contribution in [2.45, 2.75) is 63.8 Å². The van der Waals surface area contributed by atoms with Crippen molar-refractivity contribution in [3.05, 3.63) is 29.8 Å². The van der Waals surface area contributed by atoms with Gasteiger partial charge in [-0.25, -0.2) is 0 Å². The standard InChI is InChI=1S/C17H25N/c1-4-13(2)17-12-8-7-11-16(17,3)14-9-5-6-10-15(14)18-17/h5-6,9-10,13,18H,4,7-8,11-12H2,1-3H3/t13-,16+,17+/m1/s1. The Morgan fingerprint density at radius 2 is 1.94 bits per heavy atom. The largest absolute Gasteiger partial charge is 0.378 e. The second-order valence-corrected chi connectivity index (χ2v) is 6.49. The van der Waals surface area contributed by atoms with Gasteiger partial charge in [0.05, 0.1) is 0 Å². The zero-order chi connectivity index (χ0) is 12.8. The van der Waals surface area contributed by atoms with Crippen LogP contribution in [-0.2, 0) is 5.41 Å². The average molecular weight is 243 g/mol. The average Bonchev–Trinajstić information content (AvgIpc) is 2.68. The maximum Gasteiger partial charge on any atom is 0.0493 e. The van der Waals surface area contributed by atoms with E-state index in [-0.39, 0.29) is 0 Å². The van der Waals surface area contributed by atoms with E-state index >= 15 is 0 Å². The predicted molar refractivity (Wildman–Crippen MR) is 78.1 cm³/mol. The summed E-state index contributed by atoms with van der Waals surface area (Å²) in [4.78, 5) is 0. The molecule has 2 aliphatic rings. The van der Waals surface area contributed by atoms with Crippen LogP contribution >= 0.6 is 0 Å². The molecule has 3 atom stereocenters. The number of hydrogen-bond donors (Lipinski definition) is 1. The first kappa shape index (κ1) is 12.1. The van der Waals surface area contributed by atoms with E-state index in [9.17, 15) is 0 Å². The van der Waals surface area contributed by atoms with Crippen molar-refractivity contribution in [1.82, 2.24) is 0 Å². The minimum atomic E-state index is 0.295. The van der Waals surface area contributed by atoms with Gasteiger partial charge in [0.2, 0.25) is 0 Å². The van der Waals surface area contributed by atoms with Crippen molar-refractivity contribution in [2.24, 2.45) is 5.92 Å². The van der Waals surface area contributed by atoms with Crippen LogP contribution < -0.4 is 5.32 Å². The van der Waals surface area contributed by atoms with Gasteiger partial charge in [0.25, 0.3) is 0 Å². The van der Waals surface area contributed by atoms with Crippen LogP contribution in [0.15, 0.2) is 24.3 Å². The molecule has 1 heterocycles. The Morgan fingerprint density at radius 1 is 1.22 bits per heavy atom. The summed E-state index contributed by atoms with van der Waals surface area (Å²) in [5, 5.41) is 3.94. The van der Waals surface area contributed by atoms with E-state index in [0.29, 0.717) is 11.0 Å². The molecule has 0 radical (unpaired) electrons. The van der Waals surface area contributed by atoms with Crippen LogP contribution in [0.5, 0.6) is 0 Å². The monoisotopic (exact) mass is 243 g/mol. The van der Waals surface area contributed by atoms with E-state index < -0.39 is 0 Å². The number of para-hydroxylation sites is 1. The van der Waals surface area contributed by atoms with Crippen LogP contribution in [0.25, 0.3) is 0 Å². The maximum atomic E-state index is 3.94. The molecule has 0 saturated heterocycles. The summed E-state index contributed by atoms with van der Waals surface area (Å²) >= 11 is 0. The van der Waals surface area contributed by atoms with Gasteiger partial charge in [-0.1, -0.05) is 58.2 Å². The van der Waals surface area contributed by atoms with Crippen molar-refractivity contribution in [3.8, 4) is 0 Å². The van der Waals surface area contributed by atoms with Crippen molar-refractivity contribution < 1.29 is 0 Å². The fourth-order valence-corrected chi connectivity index (χ4v) is 4.53. The minimum absolute atomic E-state index is 0.295. The van der Waals surface area contributed by atoms with Gasteiger partial charge >= 0.3 is 0 Å². The molecule has 3 rings (SSSR count). The molecule has 0 amide bonds. The lowest BCUT2D eigenvalue weighted by atomic mass is 9.56. The molecule has 1 aromatic carbocycles. The van der Waals surface area contributed by atoms with E-state index in [2.05, 4.69) is 50.4 Å². The van der Waals surface area contributed by atoms with Gasteiger partial charge in [-0.05, 0) is 30.4 Å². The van der Waals surface area contributed by atoms with Crippen LogP contribution in [-0.4, -0.2) is 5.54 Å². The number of rotatable bonds is 2. The molecule has 1 saturated carbocycles. The van der Waals surface area contributed by atoms with E-state index in [1.807, 2.05) is 0 Å². The molecule has 1 aliphatic carbocycles. The predicted octanol–water partition coefficient (Wildman–Crippen LogP) is 4.73. The second kappa shape index (κ2) is 4.01. The molecule has 1 fully saturated rings. The Kier molecular flexibility index (Phi) is 2.69. The van der Waals surface area contributed by atoms with Crippen LogP contribution in [0.1, 0.15) is 58.4 Å². The van der Waals surface area contributed by atoms with Gasteiger partial charge in [-0.15, -0.1) is 0 Å². The molecule has 1 heteroatoms. The highest BCUT2D eigenvalue weighted by Crippen LogP contribution is 2.58. The molecule has 98 valence electrons. The first-order valence-corrected chi connectivity index (χ1v) is 7.52. The van der Waals surface area contributed by atoms with E-state index in [1.54, 1.807) is 5.56 Å². The quantitative estimate of drug-likeness (QED) is 0.792. The maximum absolute atomic E-state index is 3.94. The fourth-order valence-electron chi connectivity index (χ4n) is 4.53. The highest BCUT2D eigenvalue weighted by Gasteiger charge is 2.57. The van der Waals surface area contributed by atoms with Gasteiger partial charge in [0.15, 0.2) is 0 Å². The Balaban J connectivity index is 2.14. The topological polar surface area (TPSA) is 12.0 Å². The van der Waals surface area contributed by atoms with Crippen LogP contribution in [0.4, 0.5) is 5.69 Å². The lowest BCUT2D eigenvalue weighted by Gasteiger charge is -2.51. The lowest BCUT2D eigenvalue weighted by molar-refractivity contribution is 0.132. The Labute approximate surface area is 111 Å². The summed E-state index contributed by atoms with van der Waals surface area (Å²) in [6, 6.07) is 8.98. The first-order valence-electron chi connectivity index (χ1n) is 7.52. The van der Waals surface area contributed by atoms with Gasteiger partial charge in [0, 0.05) is 16.6 Å². The Morgan fingerprint density at radius 3 is 2.72 bits per heavy atom. The molecule has 0 bridgehead atoms.